The van der Waals surface area contributed by atoms with Gasteiger partial charge in [-0.3, -0.25) is 0 Å². The fraction of sp³-hybridized carbons (Fsp3) is 0.900. The third-order valence-corrected chi connectivity index (χ3v) is 1.65. The highest BCUT2D eigenvalue weighted by atomic mass is 16.5. The van der Waals surface area contributed by atoms with Crippen LogP contribution in [-0.2, 0) is 9.47 Å². The average Bonchev–Trinajstić information content (AvgIpc) is 2.11. The predicted octanol–water partition coefficient (Wildman–Crippen LogP) is 2.12. The first-order chi connectivity index (χ1) is 6.31. The molecule has 0 radical (unpaired) electrons. The molecule has 0 spiro atoms. The number of rotatable bonds is 8. The molecule has 0 aliphatic heterocycles. The molecule has 13 heavy (non-hydrogen) atoms. The van der Waals surface area contributed by atoms with Crippen LogP contribution in [0.4, 0.5) is 0 Å². The molecular formula is C10H19NO2. The van der Waals surface area contributed by atoms with Gasteiger partial charge in [0.15, 0.2) is 0 Å². The molecule has 1 unspecified atom stereocenters. The van der Waals surface area contributed by atoms with E-state index in [0.29, 0.717) is 19.6 Å². The predicted molar refractivity (Wildman–Crippen MR) is 51.4 cm³/mol. The van der Waals surface area contributed by atoms with E-state index in [-0.39, 0.29) is 6.10 Å². The van der Waals surface area contributed by atoms with E-state index in [0.717, 1.165) is 19.4 Å². The van der Waals surface area contributed by atoms with Crippen LogP contribution in [0.5, 0.6) is 0 Å². The SMILES string of the molecule is CCCCOCCOC(C)CC#N. The van der Waals surface area contributed by atoms with Crippen molar-refractivity contribution < 1.29 is 9.47 Å². The molecule has 0 aliphatic carbocycles. The number of nitrogens with zero attached hydrogens (tertiary/aromatic N) is 1. The highest BCUT2D eigenvalue weighted by Crippen LogP contribution is 1.95. The Balaban J connectivity index is 3.03. The molecule has 0 aromatic heterocycles. The minimum absolute atomic E-state index is 0.0276. The van der Waals surface area contributed by atoms with Crippen LogP contribution >= 0.6 is 0 Å². The second-order valence-corrected chi connectivity index (χ2v) is 3.01. The summed E-state index contributed by atoms with van der Waals surface area (Å²) in [4.78, 5) is 0. The number of hydrogen-bond donors (Lipinski definition) is 0. The molecule has 0 saturated carbocycles. The van der Waals surface area contributed by atoms with E-state index in [1.165, 1.54) is 0 Å². The molecule has 0 aromatic carbocycles. The van der Waals surface area contributed by atoms with Crippen molar-refractivity contribution in [3.8, 4) is 6.07 Å². The maximum atomic E-state index is 8.35. The first-order valence-corrected chi connectivity index (χ1v) is 4.87. The van der Waals surface area contributed by atoms with Crippen molar-refractivity contribution in [2.24, 2.45) is 0 Å². The zero-order chi connectivity index (χ0) is 9.94. The smallest absolute Gasteiger partial charge is 0.0704 e. The van der Waals surface area contributed by atoms with Crippen LogP contribution in [0.2, 0.25) is 0 Å². The summed E-state index contributed by atoms with van der Waals surface area (Å²) >= 11 is 0. The first kappa shape index (κ1) is 12.4. The van der Waals surface area contributed by atoms with E-state index in [4.69, 9.17) is 14.7 Å². The van der Waals surface area contributed by atoms with Crippen molar-refractivity contribution in [1.29, 1.82) is 5.26 Å². The zero-order valence-corrected chi connectivity index (χ0v) is 8.58. The standard InChI is InChI=1S/C10H19NO2/c1-3-4-7-12-8-9-13-10(2)5-6-11/h10H,3-5,7-9H2,1-2H3. The Hall–Kier alpha value is -0.590. The van der Waals surface area contributed by atoms with Gasteiger partial charge >= 0.3 is 0 Å². The topological polar surface area (TPSA) is 42.2 Å². The first-order valence-electron chi connectivity index (χ1n) is 4.87. The molecule has 0 bridgehead atoms. The van der Waals surface area contributed by atoms with Crippen LogP contribution in [-0.4, -0.2) is 25.9 Å². The highest BCUT2D eigenvalue weighted by molar-refractivity contribution is 4.73. The maximum absolute atomic E-state index is 8.35. The fourth-order valence-electron chi connectivity index (χ4n) is 0.844. The summed E-state index contributed by atoms with van der Waals surface area (Å²) in [5.74, 6) is 0. The van der Waals surface area contributed by atoms with Gasteiger partial charge in [0.1, 0.15) is 0 Å². The van der Waals surface area contributed by atoms with Gasteiger partial charge in [-0.1, -0.05) is 13.3 Å². The molecule has 0 N–H and O–H groups in total. The van der Waals surface area contributed by atoms with Gasteiger partial charge in [-0.2, -0.15) is 5.26 Å². The van der Waals surface area contributed by atoms with Gasteiger partial charge in [-0.05, 0) is 13.3 Å². The molecule has 3 heteroatoms. The van der Waals surface area contributed by atoms with Crippen molar-refractivity contribution in [3.63, 3.8) is 0 Å². The summed E-state index contributed by atoms with van der Waals surface area (Å²) in [6, 6.07) is 2.06. The monoisotopic (exact) mass is 185 g/mol. The number of hydrogen-bond acceptors (Lipinski definition) is 3. The van der Waals surface area contributed by atoms with Crippen LogP contribution in [0.25, 0.3) is 0 Å². The Bertz CT molecular complexity index is 142. The molecule has 0 heterocycles. The fourth-order valence-corrected chi connectivity index (χ4v) is 0.844. The molecule has 76 valence electrons. The Labute approximate surface area is 80.6 Å². The lowest BCUT2D eigenvalue weighted by molar-refractivity contribution is 0.0137. The van der Waals surface area contributed by atoms with Gasteiger partial charge in [0.05, 0.1) is 31.8 Å². The van der Waals surface area contributed by atoms with Crippen LogP contribution in [0.1, 0.15) is 33.1 Å². The molecule has 0 rings (SSSR count). The highest BCUT2D eigenvalue weighted by Gasteiger charge is 1.99. The van der Waals surface area contributed by atoms with Crippen LogP contribution in [0, 0.1) is 11.3 Å². The molecule has 0 amide bonds. The number of nitriles is 1. The maximum Gasteiger partial charge on any atom is 0.0704 e. The molecule has 0 fully saturated rings. The van der Waals surface area contributed by atoms with Crippen molar-refractivity contribution >= 4 is 0 Å². The summed E-state index contributed by atoms with van der Waals surface area (Å²) in [5.41, 5.74) is 0. The third-order valence-electron chi connectivity index (χ3n) is 1.65. The van der Waals surface area contributed by atoms with Crippen LogP contribution in [0.15, 0.2) is 0 Å². The minimum Gasteiger partial charge on any atom is -0.379 e. The molecule has 0 saturated heterocycles. The lowest BCUT2D eigenvalue weighted by atomic mass is 10.3. The third kappa shape index (κ3) is 9.32. The van der Waals surface area contributed by atoms with E-state index in [1.54, 1.807) is 0 Å². The zero-order valence-electron chi connectivity index (χ0n) is 8.58. The summed E-state index contributed by atoms with van der Waals surface area (Å²) in [7, 11) is 0. The number of unbranched alkanes of at least 4 members (excludes halogenated alkanes) is 1. The average molecular weight is 185 g/mol. The Morgan fingerprint density at radius 3 is 2.69 bits per heavy atom. The molecule has 0 aliphatic rings. The van der Waals surface area contributed by atoms with Gasteiger partial charge in [0, 0.05) is 6.61 Å². The van der Waals surface area contributed by atoms with E-state index >= 15 is 0 Å². The summed E-state index contributed by atoms with van der Waals surface area (Å²) in [6.07, 6.45) is 2.74. The summed E-state index contributed by atoms with van der Waals surface area (Å²) in [5, 5.41) is 8.35. The largest absolute Gasteiger partial charge is 0.379 e. The van der Waals surface area contributed by atoms with E-state index in [1.807, 2.05) is 6.92 Å². The van der Waals surface area contributed by atoms with Crippen molar-refractivity contribution in [2.45, 2.75) is 39.2 Å². The van der Waals surface area contributed by atoms with Crippen molar-refractivity contribution in [3.05, 3.63) is 0 Å². The Morgan fingerprint density at radius 2 is 2.08 bits per heavy atom. The lowest BCUT2D eigenvalue weighted by Crippen LogP contribution is -2.12. The van der Waals surface area contributed by atoms with Gasteiger partial charge in [-0.25, -0.2) is 0 Å². The Kier molecular flexibility index (Phi) is 9.07. The molecule has 0 aromatic rings. The van der Waals surface area contributed by atoms with Gasteiger partial charge in [0.2, 0.25) is 0 Å². The van der Waals surface area contributed by atoms with E-state index < -0.39 is 0 Å². The van der Waals surface area contributed by atoms with Crippen molar-refractivity contribution in [1.82, 2.24) is 0 Å². The molecular weight excluding hydrogens is 166 g/mol. The van der Waals surface area contributed by atoms with Gasteiger partial charge in [0.25, 0.3) is 0 Å². The molecule has 3 nitrogen and oxygen atoms in total. The van der Waals surface area contributed by atoms with E-state index in [9.17, 15) is 0 Å². The van der Waals surface area contributed by atoms with Gasteiger partial charge in [-0.15, -0.1) is 0 Å². The van der Waals surface area contributed by atoms with Crippen LogP contribution < -0.4 is 0 Å². The van der Waals surface area contributed by atoms with Crippen LogP contribution in [0.3, 0.4) is 0 Å². The summed E-state index contributed by atoms with van der Waals surface area (Å²) in [6.45, 7) is 6.07. The summed E-state index contributed by atoms with van der Waals surface area (Å²) < 4.78 is 10.6. The minimum atomic E-state index is 0.0276. The van der Waals surface area contributed by atoms with Gasteiger partial charge < -0.3 is 9.47 Å². The number of ether oxygens (including phenoxy) is 2. The molecule has 1 atom stereocenters. The van der Waals surface area contributed by atoms with Crippen molar-refractivity contribution in [2.75, 3.05) is 19.8 Å². The second-order valence-electron chi connectivity index (χ2n) is 3.01. The lowest BCUT2D eigenvalue weighted by Gasteiger charge is -2.09. The van der Waals surface area contributed by atoms with E-state index in [2.05, 4.69) is 13.0 Å². The quantitative estimate of drug-likeness (QED) is 0.544. The normalized spacial score (nSPS) is 12.4. The Morgan fingerprint density at radius 1 is 1.31 bits per heavy atom. The second kappa shape index (κ2) is 9.50.